The van der Waals surface area contributed by atoms with E-state index in [1.807, 2.05) is 11.3 Å². The Morgan fingerprint density at radius 1 is 0.273 bits per heavy atom. The lowest BCUT2D eigenvalue weighted by molar-refractivity contribution is 1.30. The molecule has 12 rings (SSSR count). The zero-order valence-electron chi connectivity index (χ0n) is 36.2. The second-order valence-corrected chi connectivity index (χ2v) is 17.8. The van der Waals surface area contributed by atoms with Gasteiger partial charge in [0.15, 0.2) is 0 Å². The van der Waals surface area contributed by atoms with Gasteiger partial charge in [0.25, 0.3) is 0 Å². The zero-order valence-corrected chi connectivity index (χ0v) is 37.0. The first-order valence-electron chi connectivity index (χ1n) is 22.6. The number of rotatable bonds is 9. The molecule has 0 aliphatic carbocycles. The van der Waals surface area contributed by atoms with E-state index in [0.29, 0.717) is 0 Å². The Morgan fingerprint density at radius 3 is 1.42 bits per heavy atom. The molecule has 0 unspecified atom stereocenters. The fourth-order valence-corrected chi connectivity index (χ4v) is 11.0. The molecule has 11 aromatic carbocycles. The molecule has 12 aromatic rings. The van der Waals surface area contributed by atoms with E-state index in [2.05, 4.69) is 266 Å². The summed E-state index contributed by atoms with van der Waals surface area (Å²) in [5.74, 6) is 0. The molecule has 0 fully saturated rings. The van der Waals surface area contributed by atoms with Crippen molar-refractivity contribution in [2.24, 2.45) is 0 Å². The van der Waals surface area contributed by atoms with Gasteiger partial charge in [-0.15, -0.1) is 11.3 Å². The average molecular weight is 858 g/mol. The Hall–Kier alpha value is -8.30. The lowest BCUT2D eigenvalue weighted by Crippen LogP contribution is -2.10. The normalized spacial score (nSPS) is 11.3. The number of thiophene rings is 1. The van der Waals surface area contributed by atoms with Crippen molar-refractivity contribution in [1.82, 2.24) is 0 Å². The predicted molar refractivity (Wildman–Crippen MR) is 284 cm³/mol. The molecule has 1 heterocycles. The summed E-state index contributed by atoms with van der Waals surface area (Å²) in [6, 6.07) is 95.0. The minimum Gasteiger partial charge on any atom is -0.310 e. The third-order valence-corrected chi connectivity index (χ3v) is 14.1. The van der Waals surface area contributed by atoms with Crippen LogP contribution >= 0.6 is 11.3 Å². The van der Waals surface area contributed by atoms with E-state index in [-0.39, 0.29) is 0 Å². The van der Waals surface area contributed by atoms with Crippen LogP contribution in [0, 0.1) is 0 Å². The number of fused-ring (bicyclic) bond motifs is 4. The lowest BCUT2D eigenvalue weighted by Gasteiger charge is -2.27. The van der Waals surface area contributed by atoms with Crippen LogP contribution in [0.4, 0.5) is 17.1 Å². The smallest absolute Gasteiger partial charge is 0.0555 e. The molecule has 0 bridgehead atoms. The second-order valence-electron chi connectivity index (χ2n) is 16.8. The van der Waals surface area contributed by atoms with E-state index >= 15 is 0 Å². The van der Waals surface area contributed by atoms with Gasteiger partial charge < -0.3 is 4.90 Å². The van der Waals surface area contributed by atoms with Crippen molar-refractivity contribution >= 4 is 59.3 Å². The minimum absolute atomic E-state index is 1.09. The Kier molecular flexibility index (Phi) is 10.1. The first-order valence-corrected chi connectivity index (χ1v) is 23.4. The monoisotopic (exact) mass is 857 g/mol. The molecule has 66 heavy (non-hydrogen) atoms. The summed E-state index contributed by atoms with van der Waals surface area (Å²) in [7, 11) is 0. The number of benzene rings is 11. The molecule has 0 saturated heterocycles. The van der Waals surface area contributed by atoms with Crippen LogP contribution in [-0.2, 0) is 0 Å². The van der Waals surface area contributed by atoms with Gasteiger partial charge >= 0.3 is 0 Å². The van der Waals surface area contributed by atoms with Crippen LogP contribution in [0.5, 0.6) is 0 Å². The van der Waals surface area contributed by atoms with E-state index in [9.17, 15) is 0 Å². The van der Waals surface area contributed by atoms with Gasteiger partial charge in [0.05, 0.1) is 5.69 Å². The summed E-state index contributed by atoms with van der Waals surface area (Å²) >= 11 is 1.88. The van der Waals surface area contributed by atoms with E-state index in [4.69, 9.17) is 0 Å². The van der Waals surface area contributed by atoms with Crippen molar-refractivity contribution in [2.45, 2.75) is 0 Å². The fourth-order valence-electron chi connectivity index (χ4n) is 9.76. The minimum atomic E-state index is 1.09. The molecule has 1 aromatic heterocycles. The van der Waals surface area contributed by atoms with E-state index in [0.717, 1.165) is 17.1 Å². The molecule has 0 amide bonds. The summed E-state index contributed by atoms with van der Waals surface area (Å²) in [6.45, 7) is 0. The van der Waals surface area contributed by atoms with Gasteiger partial charge in [-0.3, -0.25) is 0 Å². The largest absolute Gasteiger partial charge is 0.310 e. The van der Waals surface area contributed by atoms with Crippen molar-refractivity contribution < 1.29 is 0 Å². The zero-order chi connectivity index (χ0) is 43.8. The third kappa shape index (κ3) is 7.15. The average Bonchev–Trinajstić information content (AvgIpc) is 3.80. The summed E-state index contributed by atoms with van der Waals surface area (Å²) in [4.78, 5) is 2.45. The Bertz CT molecular complexity index is 3680. The maximum absolute atomic E-state index is 2.45. The van der Waals surface area contributed by atoms with Gasteiger partial charge in [-0.2, -0.15) is 0 Å². The van der Waals surface area contributed by atoms with Crippen LogP contribution in [0.25, 0.3) is 97.7 Å². The third-order valence-electron chi connectivity index (χ3n) is 12.9. The van der Waals surface area contributed by atoms with Crippen LogP contribution < -0.4 is 4.90 Å². The van der Waals surface area contributed by atoms with Crippen molar-refractivity contribution in [1.29, 1.82) is 0 Å². The summed E-state index contributed by atoms with van der Waals surface area (Å²) in [5, 5.41) is 5.04. The van der Waals surface area contributed by atoms with Crippen LogP contribution in [-0.4, -0.2) is 0 Å². The molecule has 0 N–H and O–H groups in total. The van der Waals surface area contributed by atoms with Crippen LogP contribution in [0.3, 0.4) is 0 Å². The first-order chi connectivity index (χ1) is 32.7. The van der Waals surface area contributed by atoms with Crippen LogP contribution in [0.2, 0.25) is 0 Å². The number of anilines is 3. The summed E-state index contributed by atoms with van der Waals surface area (Å²) in [5.41, 5.74) is 17.9. The van der Waals surface area contributed by atoms with Gasteiger partial charge in [0.1, 0.15) is 0 Å². The van der Waals surface area contributed by atoms with Crippen molar-refractivity contribution in [3.05, 3.63) is 261 Å². The van der Waals surface area contributed by atoms with Gasteiger partial charge in [-0.1, -0.05) is 218 Å². The first kappa shape index (κ1) is 39.3. The maximum Gasteiger partial charge on any atom is 0.0555 e. The highest BCUT2D eigenvalue weighted by atomic mass is 32.1. The highest BCUT2D eigenvalue weighted by molar-refractivity contribution is 7.26. The molecular weight excluding hydrogens is 815 g/mol. The molecule has 2 heteroatoms. The molecular formula is C64H43NS. The Morgan fingerprint density at radius 2 is 0.742 bits per heavy atom. The standard InChI is InChI=1S/C64H43NS/c1-3-17-45(18-4-1)54-26-9-11-28-58(54)59-29-12-10-27-55(59)48-35-39-52(40-36-48)65(61-42-41-57(47-19-5-2-6-20-47)64-63(61)60-30-13-14-32-62(60)66-64)51-37-33-44(34-38-51)49-23-15-24-50(43-49)56-31-16-22-46-21-7-8-25-53(46)56/h1-43H. The fraction of sp³-hybridized carbons (Fsp3) is 0. The number of hydrogen-bond acceptors (Lipinski definition) is 2. The van der Waals surface area contributed by atoms with Crippen LogP contribution in [0.1, 0.15) is 0 Å². The Labute approximate surface area is 389 Å². The molecule has 310 valence electrons. The number of hydrogen-bond donors (Lipinski definition) is 0. The highest BCUT2D eigenvalue weighted by Gasteiger charge is 2.22. The van der Waals surface area contributed by atoms with E-state index in [1.54, 1.807) is 0 Å². The maximum atomic E-state index is 2.45. The summed E-state index contributed by atoms with van der Waals surface area (Å²) < 4.78 is 2.57. The second kappa shape index (κ2) is 17.0. The topological polar surface area (TPSA) is 3.24 Å². The molecule has 0 aliphatic heterocycles. The van der Waals surface area contributed by atoms with Crippen molar-refractivity contribution in [3.63, 3.8) is 0 Å². The van der Waals surface area contributed by atoms with Gasteiger partial charge in [-0.25, -0.2) is 0 Å². The molecule has 1 nitrogen and oxygen atoms in total. The molecule has 0 radical (unpaired) electrons. The highest BCUT2D eigenvalue weighted by Crippen LogP contribution is 2.49. The van der Waals surface area contributed by atoms with Gasteiger partial charge in [-0.05, 0) is 120 Å². The van der Waals surface area contributed by atoms with Crippen molar-refractivity contribution in [3.8, 4) is 66.8 Å². The predicted octanol–water partition coefficient (Wildman–Crippen LogP) is 18.7. The van der Waals surface area contributed by atoms with E-state index in [1.165, 1.54) is 97.7 Å². The Balaban J connectivity index is 0.993. The SMILES string of the molecule is c1ccc(-c2ccccc2-c2ccccc2-c2ccc(N(c3ccc(-c4cccc(-c5cccc6ccccc56)c4)cc3)c3ccc(-c4ccccc4)c4sc5ccccc5c34)cc2)cc1. The van der Waals surface area contributed by atoms with Gasteiger partial charge in [0.2, 0.25) is 0 Å². The number of nitrogens with zero attached hydrogens (tertiary/aromatic N) is 1. The molecule has 0 aliphatic rings. The summed E-state index contributed by atoms with van der Waals surface area (Å²) in [6.07, 6.45) is 0. The quantitative estimate of drug-likeness (QED) is 0.140. The van der Waals surface area contributed by atoms with E-state index < -0.39 is 0 Å². The lowest BCUT2D eigenvalue weighted by atomic mass is 9.89. The molecule has 0 saturated carbocycles. The van der Waals surface area contributed by atoms with Gasteiger partial charge in [0, 0.05) is 31.5 Å². The van der Waals surface area contributed by atoms with Crippen LogP contribution in [0.15, 0.2) is 261 Å². The van der Waals surface area contributed by atoms with Crippen molar-refractivity contribution in [2.75, 3.05) is 4.90 Å². The molecule has 0 atom stereocenters. The molecule has 0 spiro atoms.